The molecule has 1 amide bonds. The van der Waals surface area contributed by atoms with Gasteiger partial charge in [-0.15, -0.1) is 10.2 Å². The van der Waals surface area contributed by atoms with Crippen molar-refractivity contribution in [3.05, 3.63) is 95.8 Å². The first-order valence-electron chi connectivity index (χ1n) is 11.2. The molecule has 1 aromatic heterocycles. The van der Waals surface area contributed by atoms with Crippen LogP contribution in [0.5, 0.6) is 11.5 Å². The number of ether oxygens (including phenoxy) is 2. The number of amides is 1. The molecule has 8 nitrogen and oxygen atoms in total. The summed E-state index contributed by atoms with van der Waals surface area (Å²) in [4.78, 5) is 13.4. The van der Waals surface area contributed by atoms with Gasteiger partial charge in [0.1, 0.15) is 23.4 Å². The maximum absolute atomic E-state index is 13.4. The molecule has 5 rings (SSSR count). The van der Waals surface area contributed by atoms with Gasteiger partial charge in [0.15, 0.2) is 5.82 Å². The number of anilines is 1. The second-order valence-corrected chi connectivity index (χ2v) is 9.22. The van der Waals surface area contributed by atoms with Crippen LogP contribution in [0.3, 0.4) is 0 Å². The zero-order valence-corrected chi connectivity index (χ0v) is 20.2. The van der Waals surface area contributed by atoms with Crippen molar-refractivity contribution in [1.29, 1.82) is 0 Å². The van der Waals surface area contributed by atoms with Gasteiger partial charge in [0, 0.05) is 5.69 Å². The Morgan fingerprint density at radius 3 is 2.46 bits per heavy atom. The van der Waals surface area contributed by atoms with Gasteiger partial charge in [0.25, 0.3) is 0 Å². The molecule has 2 N–H and O–H groups in total. The molecular formula is C26H25N5O3S. The van der Waals surface area contributed by atoms with Crippen LogP contribution in [-0.4, -0.2) is 33.1 Å². The predicted octanol–water partition coefficient (Wildman–Crippen LogP) is 4.57. The van der Waals surface area contributed by atoms with Crippen LogP contribution in [0, 0.1) is 6.92 Å². The third-order valence-corrected chi connectivity index (χ3v) is 6.88. The van der Waals surface area contributed by atoms with E-state index in [1.54, 1.807) is 11.8 Å². The van der Waals surface area contributed by atoms with Crippen LogP contribution in [0.4, 0.5) is 5.69 Å². The number of thioether (sulfide) groups is 1. The summed E-state index contributed by atoms with van der Waals surface area (Å²) in [5.74, 6) is 1.99. The van der Waals surface area contributed by atoms with E-state index in [4.69, 9.17) is 9.47 Å². The number of aromatic nitrogens is 3. The maximum atomic E-state index is 13.4. The number of nitrogens with one attached hydrogen (secondary N) is 2. The van der Waals surface area contributed by atoms with E-state index in [0.717, 1.165) is 28.3 Å². The van der Waals surface area contributed by atoms with E-state index in [-0.39, 0.29) is 18.6 Å². The zero-order valence-electron chi connectivity index (χ0n) is 19.3. The minimum Gasteiger partial charge on any atom is -0.497 e. The Labute approximate surface area is 207 Å². The smallest absolute Gasteiger partial charge is 0.240 e. The third kappa shape index (κ3) is 5.09. The summed E-state index contributed by atoms with van der Waals surface area (Å²) in [5.41, 5.74) is 6.27. The highest BCUT2D eigenvalue weighted by Crippen LogP contribution is 2.38. The first kappa shape index (κ1) is 22.8. The number of benzene rings is 3. The van der Waals surface area contributed by atoms with Crippen molar-refractivity contribution in [1.82, 2.24) is 14.9 Å². The molecule has 4 aromatic rings. The predicted molar refractivity (Wildman–Crippen MR) is 135 cm³/mol. The first-order chi connectivity index (χ1) is 17.1. The molecule has 9 heteroatoms. The second-order valence-electron chi connectivity index (χ2n) is 8.11. The summed E-state index contributed by atoms with van der Waals surface area (Å²) < 4.78 is 13.0. The standard InChI is InChI=1S/C26H25N5O3S/c1-17-8-12-19(13-9-17)27-25(32)24-23(18-10-14-20(33-2)15-11-18)30-31-22(28-29-26(31)35-24)16-34-21-6-4-3-5-7-21/h3-15,23-24,30H,16H2,1-2H3,(H,27,32). The summed E-state index contributed by atoms with van der Waals surface area (Å²) in [7, 11) is 1.63. The fourth-order valence-corrected chi connectivity index (χ4v) is 4.87. The Hall–Kier alpha value is -3.98. The van der Waals surface area contributed by atoms with Crippen molar-refractivity contribution >= 4 is 23.4 Å². The number of carbonyl (C=O) groups excluding carboxylic acids is 1. The van der Waals surface area contributed by atoms with Gasteiger partial charge in [0.05, 0.1) is 13.2 Å². The maximum Gasteiger partial charge on any atom is 0.240 e. The number of aryl methyl sites for hydroxylation is 1. The van der Waals surface area contributed by atoms with Crippen molar-refractivity contribution in [2.75, 3.05) is 17.9 Å². The Morgan fingerprint density at radius 1 is 1.00 bits per heavy atom. The summed E-state index contributed by atoms with van der Waals surface area (Å²) in [6.45, 7) is 2.25. The molecule has 0 aliphatic carbocycles. The zero-order chi connectivity index (χ0) is 24.2. The largest absolute Gasteiger partial charge is 0.497 e. The Morgan fingerprint density at radius 2 is 1.74 bits per heavy atom. The Balaban J connectivity index is 1.41. The summed E-state index contributed by atoms with van der Waals surface area (Å²) in [6.07, 6.45) is 0. The number of carbonyl (C=O) groups is 1. The number of fused-ring (bicyclic) bond motifs is 1. The number of hydrogen-bond donors (Lipinski definition) is 2. The molecule has 2 atom stereocenters. The van der Waals surface area contributed by atoms with Crippen LogP contribution in [0.2, 0.25) is 0 Å². The summed E-state index contributed by atoms with van der Waals surface area (Å²) in [6, 6.07) is 24.6. The van der Waals surface area contributed by atoms with Crippen molar-refractivity contribution in [2.24, 2.45) is 0 Å². The van der Waals surface area contributed by atoms with E-state index < -0.39 is 5.25 Å². The molecule has 0 bridgehead atoms. The van der Waals surface area contributed by atoms with Crippen molar-refractivity contribution in [3.63, 3.8) is 0 Å². The molecule has 0 radical (unpaired) electrons. The van der Waals surface area contributed by atoms with Crippen LogP contribution < -0.4 is 20.2 Å². The van der Waals surface area contributed by atoms with Crippen LogP contribution in [0.25, 0.3) is 0 Å². The van der Waals surface area contributed by atoms with Crippen molar-refractivity contribution in [2.45, 2.75) is 30.0 Å². The molecule has 35 heavy (non-hydrogen) atoms. The molecule has 0 saturated heterocycles. The minimum absolute atomic E-state index is 0.122. The SMILES string of the molecule is COc1ccc(C2Nn3c(COc4ccccc4)nnc3SC2C(=O)Nc2ccc(C)cc2)cc1. The van der Waals surface area contributed by atoms with Gasteiger partial charge in [-0.1, -0.05) is 59.8 Å². The molecule has 0 fully saturated rings. The van der Waals surface area contributed by atoms with Crippen LogP contribution in [0.1, 0.15) is 23.0 Å². The number of methoxy groups -OCH3 is 1. The van der Waals surface area contributed by atoms with Crippen molar-refractivity contribution in [3.8, 4) is 11.5 Å². The number of hydrogen-bond acceptors (Lipinski definition) is 7. The molecular weight excluding hydrogens is 462 g/mol. The second kappa shape index (κ2) is 10.1. The molecule has 178 valence electrons. The van der Waals surface area contributed by atoms with E-state index in [9.17, 15) is 4.79 Å². The number of para-hydroxylation sites is 1. The van der Waals surface area contributed by atoms with Gasteiger partial charge < -0.3 is 20.2 Å². The van der Waals surface area contributed by atoms with Gasteiger partial charge >= 0.3 is 0 Å². The minimum atomic E-state index is -0.482. The molecule has 2 heterocycles. The molecule has 1 aliphatic rings. The third-order valence-electron chi connectivity index (χ3n) is 5.67. The van der Waals surface area contributed by atoms with Crippen molar-refractivity contribution < 1.29 is 14.3 Å². The highest BCUT2D eigenvalue weighted by atomic mass is 32.2. The van der Waals surface area contributed by atoms with Gasteiger partial charge in [0.2, 0.25) is 11.1 Å². The molecule has 2 unspecified atom stereocenters. The quantitative estimate of drug-likeness (QED) is 0.395. The van der Waals surface area contributed by atoms with Crippen LogP contribution in [0.15, 0.2) is 84.0 Å². The fourth-order valence-electron chi connectivity index (χ4n) is 3.77. The summed E-state index contributed by atoms with van der Waals surface area (Å²) in [5, 5.41) is 11.8. The topological polar surface area (TPSA) is 90.3 Å². The average Bonchev–Trinajstić information content (AvgIpc) is 3.30. The lowest BCUT2D eigenvalue weighted by Gasteiger charge is -2.33. The average molecular weight is 488 g/mol. The van der Waals surface area contributed by atoms with Gasteiger partial charge in [-0.3, -0.25) is 4.79 Å². The molecule has 3 aromatic carbocycles. The lowest BCUT2D eigenvalue weighted by molar-refractivity contribution is -0.116. The highest BCUT2D eigenvalue weighted by molar-refractivity contribution is 8.00. The van der Waals surface area contributed by atoms with Crippen LogP contribution in [-0.2, 0) is 11.4 Å². The fraction of sp³-hybridized carbons (Fsp3) is 0.192. The van der Waals surface area contributed by atoms with E-state index >= 15 is 0 Å². The van der Waals surface area contributed by atoms with E-state index in [1.807, 2.05) is 85.8 Å². The normalized spacial score (nSPS) is 16.6. The molecule has 0 spiro atoms. The van der Waals surface area contributed by atoms with E-state index in [0.29, 0.717) is 11.0 Å². The Bertz CT molecular complexity index is 1290. The summed E-state index contributed by atoms with van der Waals surface area (Å²) >= 11 is 1.37. The van der Waals surface area contributed by atoms with Gasteiger partial charge in [-0.05, 0) is 48.9 Å². The van der Waals surface area contributed by atoms with E-state index in [1.165, 1.54) is 11.8 Å². The van der Waals surface area contributed by atoms with Gasteiger partial charge in [-0.2, -0.15) is 0 Å². The number of nitrogens with zero attached hydrogens (tertiary/aromatic N) is 3. The monoisotopic (exact) mass is 487 g/mol. The molecule has 0 saturated carbocycles. The van der Waals surface area contributed by atoms with Crippen LogP contribution >= 0.6 is 11.8 Å². The molecule has 1 aliphatic heterocycles. The highest BCUT2D eigenvalue weighted by Gasteiger charge is 2.38. The van der Waals surface area contributed by atoms with E-state index in [2.05, 4.69) is 20.9 Å². The first-order valence-corrected chi connectivity index (χ1v) is 12.1. The van der Waals surface area contributed by atoms with Gasteiger partial charge in [-0.25, -0.2) is 4.68 Å². The lowest BCUT2D eigenvalue weighted by Crippen LogP contribution is -2.41. The Kier molecular flexibility index (Phi) is 6.58. The lowest BCUT2D eigenvalue weighted by atomic mass is 10.0. The number of rotatable bonds is 7.